The lowest BCUT2D eigenvalue weighted by Crippen LogP contribution is -1.95. The Bertz CT molecular complexity index is 1510. The molecule has 0 aromatic carbocycles. The summed E-state index contributed by atoms with van der Waals surface area (Å²) in [4.78, 5) is 14.3. The first-order valence-electron chi connectivity index (χ1n) is 10.8. The average molecular weight is 677 g/mol. The fourth-order valence-electron chi connectivity index (χ4n) is 3.81. The predicted molar refractivity (Wildman–Crippen MR) is 158 cm³/mol. The van der Waals surface area contributed by atoms with Gasteiger partial charge in [0.1, 0.15) is 12.2 Å². The van der Waals surface area contributed by atoms with E-state index in [0.717, 1.165) is 59.0 Å². The Morgan fingerprint density at radius 3 is 1.44 bits per heavy atom. The molecule has 0 spiro atoms. The zero-order valence-electron chi connectivity index (χ0n) is 18.3. The number of thiophene rings is 4. The van der Waals surface area contributed by atoms with Crippen molar-refractivity contribution in [3.63, 3.8) is 0 Å². The fourth-order valence-corrected chi connectivity index (χ4v) is 10.1. The minimum absolute atomic E-state index is 0.729. The summed E-state index contributed by atoms with van der Waals surface area (Å²) in [7, 11) is 0. The van der Waals surface area contributed by atoms with Crippen molar-refractivity contribution in [1.82, 2.24) is 9.97 Å². The van der Waals surface area contributed by atoms with Gasteiger partial charge in [-0.3, -0.25) is 9.97 Å². The predicted octanol–water partition coefficient (Wildman–Crippen LogP) is 8.90. The Morgan fingerprint density at radius 2 is 1.06 bits per heavy atom. The first-order valence-corrected chi connectivity index (χ1v) is 15.6. The van der Waals surface area contributed by atoms with E-state index in [1.165, 1.54) is 22.7 Å². The zero-order valence-corrected chi connectivity index (χ0v) is 24.7. The van der Waals surface area contributed by atoms with Crippen molar-refractivity contribution in [3.8, 4) is 21.1 Å². The van der Waals surface area contributed by atoms with Crippen LogP contribution in [0.15, 0.2) is 82.0 Å². The number of nitrogens with zero attached hydrogens (tertiary/aromatic N) is 2. The molecule has 2 atom stereocenters. The van der Waals surface area contributed by atoms with Crippen LogP contribution < -0.4 is 0 Å². The molecule has 0 bridgehead atoms. The second kappa shape index (κ2) is 10.2. The number of hydrogen-bond donors (Lipinski definition) is 2. The summed E-state index contributed by atoms with van der Waals surface area (Å²) in [5, 5.41) is 22.3. The number of pyridine rings is 2. The molecule has 0 fully saturated rings. The van der Waals surface area contributed by atoms with Crippen LogP contribution in [0.4, 0.5) is 0 Å². The molecule has 6 heterocycles. The molecular weight excluding hydrogens is 660 g/mol. The summed E-state index contributed by atoms with van der Waals surface area (Å²) in [6.45, 7) is 0. The molecule has 6 aromatic heterocycles. The standard InChI is InChI=1S/C26H16Br2N2O2S4/c27-13-9-17(15-5-1-3-7-29-15)35-25(13)23(31)21-11-19-20(33-21)12-22(34-19)24(32)26-14(28)10-18(36-26)16-6-2-4-8-30-16/h1-12,23-24,31-32H. The van der Waals surface area contributed by atoms with Crippen molar-refractivity contribution in [3.05, 3.63) is 102 Å². The monoisotopic (exact) mass is 674 g/mol. The fraction of sp³-hybridized carbons (Fsp3) is 0.0769. The van der Waals surface area contributed by atoms with Gasteiger partial charge in [0, 0.05) is 40.5 Å². The van der Waals surface area contributed by atoms with E-state index < -0.39 is 12.2 Å². The van der Waals surface area contributed by atoms with Crippen LogP contribution in [-0.4, -0.2) is 20.2 Å². The van der Waals surface area contributed by atoms with Gasteiger partial charge in [-0.15, -0.1) is 45.3 Å². The van der Waals surface area contributed by atoms with Gasteiger partial charge in [0.05, 0.1) is 30.9 Å². The van der Waals surface area contributed by atoms with Crippen molar-refractivity contribution in [2.24, 2.45) is 0 Å². The Kier molecular flexibility index (Phi) is 6.95. The molecule has 0 saturated heterocycles. The molecule has 6 rings (SSSR count). The minimum Gasteiger partial charge on any atom is -0.382 e. The van der Waals surface area contributed by atoms with E-state index >= 15 is 0 Å². The van der Waals surface area contributed by atoms with E-state index in [1.54, 1.807) is 35.1 Å². The molecular formula is C26H16Br2N2O2S4. The van der Waals surface area contributed by atoms with Gasteiger partial charge in [-0.05, 0) is 80.4 Å². The number of halogens is 2. The molecule has 0 aliphatic heterocycles. The number of rotatable bonds is 6. The van der Waals surface area contributed by atoms with Crippen molar-refractivity contribution >= 4 is 86.6 Å². The smallest absolute Gasteiger partial charge is 0.124 e. The second-order valence-corrected chi connectivity index (χ2v) is 14.0. The van der Waals surface area contributed by atoms with Crippen LogP contribution in [-0.2, 0) is 0 Å². The SMILES string of the molecule is OC(c1cc2sc(C(O)c3sc(-c4ccccn4)cc3Br)cc2s1)c1sc(-c2ccccn2)cc1Br. The van der Waals surface area contributed by atoms with Crippen molar-refractivity contribution in [2.45, 2.75) is 12.2 Å². The Hall–Kier alpha value is -1.76. The maximum absolute atomic E-state index is 11.2. The van der Waals surface area contributed by atoms with Crippen LogP contribution in [0.2, 0.25) is 0 Å². The summed E-state index contributed by atoms with van der Waals surface area (Å²) < 4.78 is 3.86. The summed E-state index contributed by atoms with van der Waals surface area (Å²) in [6, 6.07) is 19.7. The average Bonchev–Trinajstić information content (AvgIpc) is 3.66. The Morgan fingerprint density at radius 1 is 0.611 bits per heavy atom. The van der Waals surface area contributed by atoms with Crippen LogP contribution in [0.1, 0.15) is 31.7 Å². The van der Waals surface area contributed by atoms with E-state index in [4.69, 9.17) is 0 Å². The number of fused-ring (bicyclic) bond motifs is 1. The van der Waals surface area contributed by atoms with Crippen LogP contribution in [0.5, 0.6) is 0 Å². The molecule has 10 heteroatoms. The first kappa shape index (κ1) is 24.6. The summed E-state index contributed by atoms with van der Waals surface area (Å²) in [5.74, 6) is 0. The summed E-state index contributed by atoms with van der Waals surface area (Å²) in [6.07, 6.45) is 2.08. The van der Waals surface area contributed by atoms with Gasteiger partial charge in [-0.1, -0.05) is 12.1 Å². The quantitative estimate of drug-likeness (QED) is 0.185. The van der Waals surface area contributed by atoms with E-state index in [9.17, 15) is 10.2 Å². The Labute approximate surface area is 239 Å². The van der Waals surface area contributed by atoms with E-state index in [-0.39, 0.29) is 0 Å². The van der Waals surface area contributed by atoms with E-state index in [1.807, 2.05) is 60.7 Å². The van der Waals surface area contributed by atoms with Crippen LogP contribution >= 0.6 is 77.2 Å². The third kappa shape index (κ3) is 4.65. The van der Waals surface area contributed by atoms with Gasteiger partial charge < -0.3 is 10.2 Å². The van der Waals surface area contributed by atoms with Crippen LogP contribution in [0.3, 0.4) is 0 Å². The highest BCUT2D eigenvalue weighted by molar-refractivity contribution is 9.11. The van der Waals surface area contributed by atoms with Crippen LogP contribution in [0, 0.1) is 0 Å². The van der Waals surface area contributed by atoms with Crippen LogP contribution in [0.25, 0.3) is 30.5 Å². The number of aliphatic hydroxyl groups is 2. The summed E-state index contributed by atoms with van der Waals surface area (Å²) in [5.41, 5.74) is 1.77. The number of aliphatic hydroxyl groups excluding tert-OH is 2. The molecule has 2 N–H and O–H groups in total. The molecule has 2 unspecified atom stereocenters. The second-order valence-electron chi connectivity index (χ2n) is 7.91. The lowest BCUT2D eigenvalue weighted by molar-refractivity contribution is 0.227. The largest absolute Gasteiger partial charge is 0.382 e. The van der Waals surface area contributed by atoms with Gasteiger partial charge >= 0.3 is 0 Å². The van der Waals surface area contributed by atoms with Crippen molar-refractivity contribution in [2.75, 3.05) is 0 Å². The molecule has 0 aliphatic rings. The molecule has 0 saturated carbocycles. The Balaban J connectivity index is 1.26. The highest BCUT2D eigenvalue weighted by atomic mass is 79.9. The highest BCUT2D eigenvalue weighted by Crippen LogP contribution is 2.46. The third-order valence-electron chi connectivity index (χ3n) is 5.54. The third-order valence-corrected chi connectivity index (χ3v) is 12.2. The topological polar surface area (TPSA) is 66.2 Å². The first-order chi connectivity index (χ1) is 17.5. The maximum atomic E-state index is 11.2. The lowest BCUT2D eigenvalue weighted by atomic mass is 10.2. The number of hydrogen-bond acceptors (Lipinski definition) is 8. The van der Waals surface area contributed by atoms with E-state index in [2.05, 4.69) is 41.8 Å². The van der Waals surface area contributed by atoms with E-state index in [0.29, 0.717) is 0 Å². The lowest BCUT2D eigenvalue weighted by Gasteiger charge is -2.07. The van der Waals surface area contributed by atoms with Gasteiger partial charge in [-0.2, -0.15) is 0 Å². The van der Waals surface area contributed by atoms with Gasteiger partial charge in [0.2, 0.25) is 0 Å². The number of aromatic nitrogens is 2. The van der Waals surface area contributed by atoms with Gasteiger partial charge in [0.25, 0.3) is 0 Å². The summed E-state index contributed by atoms with van der Waals surface area (Å²) >= 11 is 13.4. The van der Waals surface area contributed by atoms with Gasteiger partial charge in [0.15, 0.2) is 0 Å². The zero-order chi connectivity index (χ0) is 24.8. The maximum Gasteiger partial charge on any atom is 0.124 e. The normalized spacial score (nSPS) is 13.3. The molecule has 180 valence electrons. The molecule has 0 aliphatic carbocycles. The molecule has 4 nitrogen and oxygen atoms in total. The highest BCUT2D eigenvalue weighted by Gasteiger charge is 2.24. The molecule has 0 amide bonds. The molecule has 36 heavy (non-hydrogen) atoms. The minimum atomic E-state index is -0.729. The molecule has 6 aromatic rings. The van der Waals surface area contributed by atoms with Crippen molar-refractivity contribution in [1.29, 1.82) is 0 Å². The van der Waals surface area contributed by atoms with Gasteiger partial charge in [-0.25, -0.2) is 0 Å². The van der Waals surface area contributed by atoms with Crippen molar-refractivity contribution < 1.29 is 10.2 Å². The molecule has 0 radical (unpaired) electrons.